The number of carbonyl (C=O) groups is 1. The van der Waals surface area contributed by atoms with E-state index in [4.69, 9.17) is 54.3 Å². The molecule has 2 N–H and O–H groups in total. The molecule has 0 heterocycles. The zero-order chi connectivity index (χ0) is 19.2. The second kappa shape index (κ2) is 8.98. The van der Waals surface area contributed by atoms with Gasteiger partial charge in [0.2, 0.25) is 9.58 Å². The topological polar surface area (TPSA) is 87.9 Å². The Labute approximate surface area is 165 Å². The molecule has 1 unspecified atom stereocenters. The lowest BCUT2D eigenvalue weighted by atomic mass is 10.3. The Morgan fingerprint density at radius 1 is 0.962 bits per heavy atom. The van der Waals surface area contributed by atoms with E-state index < -0.39 is 29.7 Å². The van der Waals surface area contributed by atoms with Gasteiger partial charge in [-0.1, -0.05) is 71.2 Å². The first-order valence-corrected chi connectivity index (χ1v) is 10.0. The van der Waals surface area contributed by atoms with Gasteiger partial charge in [-0.25, -0.2) is 9.36 Å². The summed E-state index contributed by atoms with van der Waals surface area (Å²) >= 11 is 16.6. The highest BCUT2D eigenvalue weighted by Crippen LogP contribution is 2.51. The van der Waals surface area contributed by atoms with E-state index in [0.29, 0.717) is 0 Å². The van der Waals surface area contributed by atoms with Gasteiger partial charge < -0.3 is 19.5 Å². The van der Waals surface area contributed by atoms with Crippen LogP contribution in [0.3, 0.4) is 0 Å². The minimum absolute atomic E-state index is 0.205. The van der Waals surface area contributed by atoms with Gasteiger partial charge in [0.05, 0.1) is 0 Å². The van der Waals surface area contributed by atoms with Crippen molar-refractivity contribution in [1.82, 2.24) is 0 Å². The Hall–Kier alpha value is -1.43. The van der Waals surface area contributed by atoms with Crippen LogP contribution in [0.1, 0.15) is 0 Å². The molecule has 0 radical (unpaired) electrons. The molecule has 0 aromatic heterocycles. The molecular formula is C16H15Cl3NO5P. The fraction of sp³-hybridized carbons (Fsp3) is 0.188. The van der Waals surface area contributed by atoms with Crippen LogP contribution in [0, 0.1) is 0 Å². The normalized spacial score (nSPS) is 12.9. The Balaban J connectivity index is 2.24. The molecule has 0 aliphatic rings. The van der Waals surface area contributed by atoms with E-state index in [9.17, 15) is 9.36 Å². The molecule has 0 aliphatic carbocycles. The quantitative estimate of drug-likeness (QED) is 0.388. The van der Waals surface area contributed by atoms with Crippen molar-refractivity contribution in [3.8, 4) is 11.5 Å². The second-order valence-electron chi connectivity index (χ2n) is 5.02. The first-order valence-electron chi connectivity index (χ1n) is 7.27. The number of hydrogen-bond donors (Lipinski definition) is 1. The largest absolute Gasteiger partial charge is 0.459 e. The van der Waals surface area contributed by atoms with E-state index in [1.54, 1.807) is 60.7 Å². The molecule has 0 amide bonds. The molecule has 2 aromatic rings. The van der Waals surface area contributed by atoms with Gasteiger partial charge in [0.1, 0.15) is 18.1 Å². The molecule has 0 saturated carbocycles. The average Bonchev–Trinajstić information content (AvgIpc) is 2.60. The summed E-state index contributed by atoms with van der Waals surface area (Å²) in [5, 5.41) is 0. The number of ether oxygens (including phenoxy) is 1. The summed E-state index contributed by atoms with van der Waals surface area (Å²) in [6, 6.07) is 16.3. The molecule has 0 fully saturated rings. The monoisotopic (exact) mass is 437 g/mol. The van der Waals surface area contributed by atoms with E-state index in [-0.39, 0.29) is 11.5 Å². The standard InChI is InChI=1S/C16H15Cl3NO5P/c17-16(18,19)11-23-15(21)14(20)26(22,24-12-7-3-1-4-8-12)25-13-9-5-2-6-10-13/h1-10,14H,11,20H2. The van der Waals surface area contributed by atoms with E-state index in [0.717, 1.165) is 0 Å². The van der Waals surface area contributed by atoms with Gasteiger partial charge in [-0.2, -0.15) is 0 Å². The minimum Gasteiger partial charge on any atom is -0.459 e. The highest BCUT2D eigenvalue weighted by molar-refractivity contribution is 7.56. The van der Waals surface area contributed by atoms with Gasteiger partial charge in [0.15, 0.2) is 0 Å². The maximum atomic E-state index is 13.2. The van der Waals surface area contributed by atoms with Gasteiger partial charge in [0, 0.05) is 0 Å². The van der Waals surface area contributed by atoms with Gasteiger partial charge in [-0.3, -0.25) is 0 Å². The zero-order valence-corrected chi connectivity index (χ0v) is 16.4. The third-order valence-electron chi connectivity index (χ3n) is 2.91. The van der Waals surface area contributed by atoms with Crippen molar-refractivity contribution in [2.24, 2.45) is 5.73 Å². The van der Waals surface area contributed by atoms with E-state index >= 15 is 0 Å². The fourth-order valence-electron chi connectivity index (χ4n) is 1.76. The number of rotatable bonds is 7. The van der Waals surface area contributed by atoms with Crippen molar-refractivity contribution < 1.29 is 23.1 Å². The Morgan fingerprint density at radius 2 is 1.38 bits per heavy atom. The number of benzene rings is 2. The van der Waals surface area contributed by atoms with Crippen LogP contribution in [-0.2, 0) is 14.1 Å². The number of carbonyl (C=O) groups excluding carboxylic acids is 1. The van der Waals surface area contributed by atoms with Crippen LogP contribution in [0.4, 0.5) is 0 Å². The average molecular weight is 439 g/mol. The van der Waals surface area contributed by atoms with Crippen molar-refractivity contribution in [1.29, 1.82) is 0 Å². The van der Waals surface area contributed by atoms with E-state index in [2.05, 4.69) is 0 Å². The highest BCUT2D eigenvalue weighted by Gasteiger charge is 2.44. The number of nitrogens with two attached hydrogens (primary N) is 1. The maximum absolute atomic E-state index is 13.2. The Kier molecular flexibility index (Phi) is 7.21. The first-order chi connectivity index (χ1) is 12.2. The molecule has 10 heteroatoms. The number of esters is 1. The Bertz CT molecular complexity index is 725. The van der Waals surface area contributed by atoms with Crippen LogP contribution in [0.5, 0.6) is 11.5 Å². The molecule has 0 aliphatic heterocycles. The van der Waals surface area contributed by atoms with Crippen molar-refractivity contribution in [2.45, 2.75) is 9.58 Å². The smallest absolute Gasteiger partial charge is 0.458 e. The third kappa shape index (κ3) is 6.38. The molecule has 0 bridgehead atoms. The summed E-state index contributed by atoms with van der Waals surface area (Å²) in [6.45, 7) is -0.569. The summed E-state index contributed by atoms with van der Waals surface area (Å²) in [5.74, 6) is -2.44. The van der Waals surface area contributed by atoms with Crippen LogP contribution >= 0.6 is 42.4 Å². The van der Waals surface area contributed by atoms with Crippen molar-refractivity contribution in [2.75, 3.05) is 6.61 Å². The van der Waals surface area contributed by atoms with Gasteiger partial charge in [0.25, 0.3) is 0 Å². The van der Waals surface area contributed by atoms with Gasteiger partial charge in [-0.15, -0.1) is 0 Å². The molecule has 1 atom stereocenters. The lowest BCUT2D eigenvalue weighted by Gasteiger charge is -2.24. The molecular weight excluding hydrogens is 424 g/mol. The van der Waals surface area contributed by atoms with Crippen LogP contribution in [0.15, 0.2) is 60.7 Å². The van der Waals surface area contributed by atoms with E-state index in [1.165, 1.54) is 0 Å². The molecule has 0 saturated heterocycles. The van der Waals surface area contributed by atoms with Gasteiger partial charge in [-0.05, 0) is 24.3 Å². The summed E-state index contributed by atoms with van der Waals surface area (Å²) in [7, 11) is -4.22. The predicted octanol–water partition coefficient (Wildman–Crippen LogP) is 4.54. The van der Waals surface area contributed by atoms with Crippen molar-refractivity contribution >= 4 is 48.4 Å². The number of para-hydroxylation sites is 2. The van der Waals surface area contributed by atoms with E-state index in [1.807, 2.05) is 0 Å². The fourth-order valence-corrected chi connectivity index (χ4v) is 3.35. The van der Waals surface area contributed by atoms with Gasteiger partial charge >= 0.3 is 13.6 Å². The summed E-state index contributed by atoms with van der Waals surface area (Å²) in [5.41, 5.74) is 5.80. The lowest BCUT2D eigenvalue weighted by molar-refractivity contribution is -0.143. The number of halogens is 3. The summed E-state index contributed by atoms with van der Waals surface area (Å²) in [6.07, 6.45) is 0. The van der Waals surface area contributed by atoms with Crippen LogP contribution in [-0.4, -0.2) is 22.2 Å². The van der Waals surface area contributed by atoms with Crippen molar-refractivity contribution in [3.05, 3.63) is 60.7 Å². The Morgan fingerprint density at radius 3 is 1.77 bits per heavy atom. The number of hydrogen-bond acceptors (Lipinski definition) is 6. The summed E-state index contributed by atoms with van der Waals surface area (Å²) in [4.78, 5) is 12.2. The lowest BCUT2D eigenvalue weighted by Crippen LogP contribution is -2.37. The predicted molar refractivity (Wildman–Crippen MR) is 101 cm³/mol. The SMILES string of the molecule is NC(C(=O)OCC(Cl)(Cl)Cl)P(=O)(Oc1ccccc1)Oc1ccccc1. The second-order valence-corrected chi connectivity index (χ2v) is 9.53. The van der Waals surface area contributed by atoms with Crippen LogP contribution in [0.25, 0.3) is 0 Å². The maximum Gasteiger partial charge on any atom is 0.458 e. The zero-order valence-electron chi connectivity index (χ0n) is 13.3. The molecule has 2 rings (SSSR count). The first kappa shape index (κ1) is 20.9. The molecule has 0 spiro atoms. The molecule has 140 valence electrons. The molecule has 26 heavy (non-hydrogen) atoms. The van der Waals surface area contributed by atoms with Crippen LogP contribution in [0.2, 0.25) is 0 Å². The van der Waals surface area contributed by atoms with Crippen molar-refractivity contribution in [3.63, 3.8) is 0 Å². The van der Waals surface area contributed by atoms with Crippen LogP contribution < -0.4 is 14.8 Å². The highest BCUT2D eigenvalue weighted by atomic mass is 35.6. The number of alkyl halides is 3. The molecule has 6 nitrogen and oxygen atoms in total. The molecule has 2 aromatic carbocycles. The third-order valence-corrected chi connectivity index (χ3v) is 5.06. The minimum atomic E-state index is -4.22. The summed E-state index contributed by atoms with van der Waals surface area (Å²) < 4.78 is 27.1.